The lowest BCUT2D eigenvalue weighted by Crippen LogP contribution is -2.42. The first kappa shape index (κ1) is 14.4. The lowest BCUT2D eigenvalue weighted by molar-refractivity contribution is 0.264. The molecule has 3 heteroatoms. The molecule has 1 atom stereocenters. The number of likely N-dealkylation sites (N-methyl/N-ethyl adjacent to an activating group) is 1. The minimum atomic E-state index is 0.684. The number of nitrogens with one attached hydrogen (secondary N) is 1. The quantitative estimate of drug-likeness (QED) is 0.851. The van der Waals surface area contributed by atoms with E-state index in [0.717, 1.165) is 25.3 Å². The van der Waals surface area contributed by atoms with Gasteiger partial charge in [-0.3, -0.25) is 0 Å². The standard InChI is InChI=1S/C16H26N2O/c1-18(13-15-7-3-4-10-17-15)11-9-14-6-5-8-16(12-14)19-2/h5-6,8,12,15,17H,3-4,7,9-11,13H2,1-2H3. The molecule has 1 fully saturated rings. The van der Waals surface area contributed by atoms with Crippen LogP contribution in [0.2, 0.25) is 0 Å². The highest BCUT2D eigenvalue weighted by Gasteiger charge is 2.14. The van der Waals surface area contributed by atoms with Crippen LogP contribution in [0.1, 0.15) is 24.8 Å². The number of ether oxygens (including phenoxy) is 1. The Morgan fingerprint density at radius 1 is 1.37 bits per heavy atom. The molecule has 3 nitrogen and oxygen atoms in total. The summed E-state index contributed by atoms with van der Waals surface area (Å²) in [5.74, 6) is 0.953. The topological polar surface area (TPSA) is 24.5 Å². The van der Waals surface area contributed by atoms with Gasteiger partial charge in [0.05, 0.1) is 7.11 Å². The fraction of sp³-hybridized carbons (Fsp3) is 0.625. The molecule has 1 aromatic carbocycles. The van der Waals surface area contributed by atoms with Gasteiger partial charge in [0.2, 0.25) is 0 Å². The molecule has 0 bridgehead atoms. The van der Waals surface area contributed by atoms with E-state index < -0.39 is 0 Å². The maximum absolute atomic E-state index is 5.26. The highest BCUT2D eigenvalue weighted by molar-refractivity contribution is 5.28. The Morgan fingerprint density at radius 2 is 2.26 bits per heavy atom. The van der Waals surface area contributed by atoms with E-state index in [1.54, 1.807) is 7.11 Å². The van der Waals surface area contributed by atoms with Crippen molar-refractivity contribution in [2.45, 2.75) is 31.7 Å². The molecule has 1 aromatic rings. The van der Waals surface area contributed by atoms with Crippen molar-refractivity contribution in [2.75, 3.05) is 33.8 Å². The summed E-state index contributed by atoms with van der Waals surface area (Å²) in [6, 6.07) is 9.06. The van der Waals surface area contributed by atoms with E-state index in [-0.39, 0.29) is 0 Å². The Kier molecular flexibility index (Phi) is 5.67. The highest BCUT2D eigenvalue weighted by Crippen LogP contribution is 2.13. The van der Waals surface area contributed by atoms with Crippen molar-refractivity contribution in [3.8, 4) is 5.75 Å². The minimum absolute atomic E-state index is 0.684. The number of nitrogens with zero attached hydrogens (tertiary/aromatic N) is 1. The third-order valence-corrected chi connectivity index (χ3v) is 3.86. The molecule has 19 heavy (non-hydrogen) atoms. The van der Waals surface area contributed by atoms with Gasteiger partial charge < -0.3 is 15.0 Å². The molecular weight excluding hydrogens is 236 g/mol. The van der Waals surface area contributed by atoms with Gasteiger partial charge in [0, 0.05) is 19.1 Å². The van der Waals surface area contributed by atoms with E-state index in [0.29, 0.717) is 6.04 Å². The predicted molar refractivity (Wildman–Crippen MR) is 79.8 cm³/mol. The molecule has 1 unspecified atom stereocenters. The second kappa shape index (κ2) is 7.51. The number of rotatable bonds is 6. The molecule has 0 radical (unpaired) electrons. The van der Waals surface area contributed by atoms with Crippen molar-refractivity contribution in [2.24, 2.45) is 0 Å². The molecule has 0 aliphatic carbocycles. The van der Waals surface area contributed by atoms with Crippen molar-refractivity contribution in [3.05, 3.63) is 29.8 Å². The van der Waals surface area contributed by atoms with Crippen LogP contribution < -0.4 is 10.1 Å². The Hall–Kier alpha value is -1.06. The third kappa shape index (κ3) is 4.84. The van der Waals surface area contributed by atoms with Crippen molar-refractivity contribution < 1.29 is 4.74 Å². The molecule has 0 saturated carbocycles. The summed E-state index contributed by atoms with van der Waals surface area (Å²) in [5, 5.41) is 3.60. The van der Waals surface area contributed by atoms with Crippen LogP contribution in [0.25, 0.3) is 0 Å². The molecule has 0 amide bonds. The third-order valence-electron chi connectivity index (χ3n) is 3.86. The van der Waals surface area contributed by atoms with Gasteiger partial charge in [-0.1, -0.05) is 18.6 Å². The maximum atomic E-state index is 5.26. The van der Waals surface area contributed by atoms with Crippen molar-refractivity contribution in [1.29, 1.82) is 0 Å². The van der Waals surface area contributed by atoms with Gasteiger partial charge in [0.25, 0.3) is 0 Å². The summed E-state index contributed by atoms with van der Waals surface area (Å²) in [7, 11) is 3.94. The maximum Gasteiger partial charge on any atom is 0.119 e. The Labute approximate surface area is 116 Å². The molecule has 2 rings (SSSR count). The van der Waals surface area contributed by atoms with Crippen molar-refractivity contribution in [3.63, 3.8) is 0 Å². The summed E-state index contributed by atoms with van der Waals surface area (Å²) < 4.78 is 5.26. The highest BCUT2D eigenvalue weighted by atomic mass is 16.5. The molecule has 1 aliphatic rings. The summed E-state index contributed by atoms with van der Waals surface area (Å²) in [5.41, 5.74) is 1.35. The Morgan fingerprint density at radius 3 is 3.00 bits per heavy atom. The van der Waals surface area contributed by atoms with Gasteiger partial charge in [-0.25, -0.2) is 0 Å². The van der Waals surface area contributed by atoms with Gasteiger partial charge in [0.15, 0.2) is 0 Å². The first-order valence-corrected chi connectivity index (χ1v) is 7.33. The number of benzene rings is 1. The van der Waals surface area contributed by atoms with Gasteiger partial charge in [0.1, 0.15) is 5.75 Å². The fourth-order valence-corrected chi connectivity index (χ4v) is 2.70. The van der Waals surface area contributed by atoms with Crippen LogP contribution in [0.5, 0.6) is 5.75 Å². The first-order chi connectivity index (χ1) is 9.28. The molecule has 1 N–H and O–H groups in total. The van der Waals surface area contributed by atoms with Crippen LogP contribution in [0, 0.1) is 0 Å². The van der Waals surface area contributed by atoms with Crippen LogP contribution in [0.4, 0.5) is 0 Å². The first-order valence-electron chi connectivity index (χ1n) is 7.33. The number of methoxy groups -OCH3 is 1. The zero-order chi connectivity index (χ0) is 13.5. The molecule has 1 heterocycles. The lowest BCUT2D eigenvalue weighted by Gasteiger charge is -2.28. The molecule has 0 spiro atoms. The van der Waals surface area contributed by atoms with Crippen molar-refractivity contribution >= 4 is 0 Å². The summed E-state index contributed by atoms with van der Waals surface area (Å²) in [6.07, 6.45) is 5.12. The van der Waals surface area contributed by atoms with E-state index in [1.807, 2.05) is 6.07 Å². The second-order valence-electron chi connectivity index (χ2n) is 5.51. The normalized spacial score (nSPS) is 19.6. The Bertz CT molecular complexity index is 375. The molecular formula is C16H26N2O. The fourth-order valence-electron chi connectivity index (χ4n) is 2.70. The van der Waals surface area contributed by atoms with Gasteiger partial charge in [-0.2, -0.15) is 0 Å². The molecule has 0 aromatic heterocycles. The summed E-state index contributed by atoms with van der Waals surface area (Å²) in [4.78, 5) is 2.43. The van der Waals surface area contributed by atoms with Gasteiger partial charge in [-0.05, 0) is 50.6 Å². The number of hydrogen-bond acceptors (Lipinski definition) is 3. The van der Waals surface area contributed by atoms with Crippen molar-refractivity contribution in [1.82, 2.24) is 10.2 Å². The largest absolute Gasteiger partial charge is 0.497 e. The molecule has 106 valence electrons. The lowest BCUT2D eigenvalue weighted by atomic mass is 10.0. The summed E-state index contributed by atoms with van der Waals surface area (Å²) in [6.45, 7) is 3.45. The second-order valence-corrected chi connectivity index (χ2v) is 5.51. The predicted octanol–water partition coefficient (Wildman–Crippen LogP) is 2.31. The minimum Gasteiger partial charge on any atom is -0.497 e. The van der Waals surface area contributed by atoms with Crippen LogP contribution in [-0.2, 0) is 6.42 Å². The van der Waals surface area contributed by atoms with Gasteiger partial charge >= 0.3 is 0 Å². The number of hydrogen-bond donors (Lipinski definition) is 1. The van der Waals surface area contributed by atoms with E-state index in [4.69, 9.17) is 4.74 Å². The molecule has 1 saturated heterocycles. The van der Waals surface area contributed by atoms with Crippen LogP contribution in [0.15, 0.2) is 24.3 Å². The van der Waals surface area contributed by atoms with Gasteiger partial charge in [-0.15, -0.1) is 0 Å². The van der Waals surface area contributed by atoms with E-state index in [9.17, 15) is 0 Å². The van der Waals surface area contributed by atoms with E-state index in [1.165, 1.54) is 31.4 Å². The molecule has 1 aliphatic heterocycles. The smallest absolute Gasteiger partial charge is 0.119 e. The van der Waals surface area contributed by atoms with E-state index in [2.05, 4.69) is 35.5 Å². The van der Waals surface area contributed by atoms with Crippen LogP contribution in [-0.4, -0.2) is 44.7 Å². The zero-order valence-electron chi connectivity index (χ0n) is 12.2. The Balaban J connectivity index is 1.74. The monoisotopic (exact) mass is 262 g/mol. The average Bonchev–Trinajstić information content (AvgIpc) is 2.46. The average molecular weight is 262 g/mol. The SMILES string of the molecule is COc1cccc(CCN(C)CC2CCCCN2)c1. The zero-order valence-corrected chi connectivity index (χ0v) is 12.2. The van der Waals surface area contributed by atoms with Crippen LogP contribution in [0.3, 0.4) is 0 Å². The van der Waals surface area contributed by atoms with Crippen LogP contribution >= 0.6 is 0 Å². The van der Waals surface area contributed by atoms with E-state index >= 15 is 0 Å². The summed E-state index contributed by atoms with van der Waals surface area (Å²) >= 11 is 0. The number of piperidine rings is 1.